The largest absolute Gasteiger partial charge is 0.492 e. The van der Waals surface area contributed by atoms with Crippen LogP contribution in [0.3, 0.4) is 0 Å². The summed E-state index contributed by atoms with van der Waals surface area (Å²) in [6.07, 6.45) is 2.27. The van der Waals surface area contributed by atoms with E-state index in [9.17, 15) is 4.79 Å². The Balaban J connectivity index is 1.72. The highest BCUT2D eigenvalue weighted by Crippen LogP contribution is 2.11. The molecule has 1 aromatic heterocycles. The molecule has 29 heavy (non-hydrogen) atoms. The number of aliphatic imine (C=N–C) groups is 1. The molecule has 0 saturated carbocycles. The highest BCUT2D eigenvalue weighted by Gasteiger charge is 2.11. The number of nitrogens with one attached hydrogen (secondary N) is 2. The van der Waals surface area contributed by atoms with Crippen molar-refractivity contribution in [1.82, 2.24) is 15.5 Å². The first-order chi connectivity index (χ1) is 14.0. The molecule has 0 spiro atoms. The van der Waals surface area contributed by atoms with Gasteiger partial charge in [-0.05, 0) is 45.4 Å². The molecule has 0 bridgehead atoms. The number of carbonyl (C=O) groups is 1. The number of nitrogens with zero attached hydrogens (tertiary/aromatic N) is 2. The van der Waals surface area contributed by atoms with Crippen LogP contribution in [0.2, 0.25) is 0 Å². The normalized spacial score (nSPS) is 11.2. The summed E-state index contributed by atoms with van der Waals surface area (Å²) in [5, 5.41) is 6.15. The van der Waals surface area contributed by atoms with Gasteiger partial charge in [0.1, 0.15) is 12.4 Å². The molecule has 2 rings (SSSR count). The lowest BCUT2D eigenvalue weighted by Gasteiger charge is -2.22. The van der Waals surface area contributed by atoms with Crippen molar-refractivity contribution in [3.05, 3.63) is 53.5 Å². The summed E-state index contributed by atoms with van der Waals surface area (Å²) in [6, 6.07) is 9.81. The van der Waals surface area contributed by atoms with Gasteiger partial charge in [0.2, 0.25) is 0 Å². The Labute approximate surface area is 173 Å². The van der Waals surface area contributed by atoms with Crippen LogP contribution in [0, 0.1) is 13.8 Å². The van der Waals surface area contributed by atoms with E-state index >= 15 is 0 Å². The quantitative estimate of drug-likeness (QED) is 0.364. The molecule has 0 atom stereocenters. The van der Waals surface area contributed by atoms with E-state index in [0.717, 1.165) is 30.2 Å². The minimum atomic E-state index is -0.186. The van der Waals surface area contributed by atoms with Crippen LogP contribution in [0.4, 0.5) is 0 Å². The Bertz CT molecular complexity index is 784. The molecule has 0 aliphatic carbocycles. The lowest BCUT2D eigenvalue weighted by atomic mass is 10.2. The number of likely N-dealkylation sites (N-methyl/N-ethyl adjacent to an activating group) is 1. The maximum absolute atomic E-state index is 12.0. The molecule has 7 heteroatoms. The first kappa shape index (κ1) is 22.3. The van der Waals surface area contributed by atoms with Crippen molar-refractivity contribution >= 4 is 11.9 Å². The summed E-state index contributed by atoms with van der Waals surface area (Å²) in [7, 11) is 1.99. The average Bonchev–Trinajstić information content (AvgIpc) is 3.14. The second-order valence-electron chi connectivity index (χ2n) is 6.86. The van der Waals surface area contributed by atoms with Gasteiger partial charge in [0.25, 0.3) is 5.91 Å². The Morgan fingerprint density at radius 1 is 1.17 bits per heavy atom. The first-order valence-corrected chi connectivity index (χ1v) is 10.0. The number of hydrogen-bond donors (Lipinski definition) is 2. The Morgan fingerprint density at radius 3 is 2.59 bits per heavy atom. The van der Waals surface area contributed by atoms with E-state index in [0.29, 0.717) is 32.0 Å². The zero-order valence-corrected chi connectivity index (χ0v) is 17.8. The predicted octanol–water partition coefficient (Wildman–Crippen LogP) is 2.99. The minimum absolute atomic E-state index is 0.186. The van der Waals surface area contributed by atoms with Crippen molar-refractivity contribution in [2.24, 2.45) is 4.99 Å². The van der Waals surface area contributed by atoms with Crippen LogP contribution < -0.4 is 15.4 Å². The lowest BCUT2D eigenvalue weighted by molar-refractivity contribution is 0.0925. The number of benzene rings is 1. The monoisotopic (exact) mass is 400 g/mol. The van der Waals surface area contributed by atoms with Crippen LogP contribution in [0.1, 0.15) is 35.0 Å². The van der Waals surface area contributed by atoms with Gasteiger partial charge in [-0.1, -0.05) is 17.7 Å². The smallest absolute Gasteiger partial charge is 0.287 e. The number of amides is 1. The van der Waals surface area contributed by atoms with Crippen molar-refractivity contribution in [1.29, 1.82) is 0 Å². The molecule has 0 aliphatic rings. The fraction of sp³-hybridized carbons (Fsp3) is 0.455. The highest BCUT2D eigenvalue weighted by atomic mass is 16.5. The number of ether oxygens (including phenoxy) is 1. The van der Waals surface area contributed by atoms with Crippen LogP contribution in [-0.4, -0.2) is 56.6 Å². The first-order valence-electron chi connectivity index (χ1n) is 10.0. The second-order valence-corrected chi connectivity index (χ2v) is 6.86. The summed E-state index contributed by atoms with van der Waals surface area (Å²) in [5.41, 5.74) is 2.05. The van der Waals surface area contributed by atoms with E-state index in [4.69, 9.17) is 9.15 Å². The van der Waals surface area contributed by atoms with E-state index in [2.05, 4.69) is 22.5 Å². The molecule has 7 nitrogen and oxygen atoms in total. The number of furan rings is 1. The van der Waals surface area contributed by atoms with Crippen LogP contribution in [0.5, 0.6) is 5.75 Å². The van der Waals surface area contributed by atoms with Crippen molar-refractivity contribution in [2.45, 2.75) is 27.2 Å². The molecular formula is C22H32N4O3. The van der Waals surface area contributed by atoms with Gasteiger partial charge in [-0.15, -0.1) is 0 Å². The molecule has 1 amide bonds. The summed E-state index contributed by atoms with van der Waals surface area (Å²) >= 11 is 0. The second kappa shape index (κ2) is 11.8. The molecule has 0 aliphatic heterocycles. The van der Waals surface area contributed by atoms with Crippen LogP contribution in [-0.2, 0) is 0 Å². The molecule has 0 unspecified atom stereocenters. The molecular weight excluding hydrogens is 368 g/mol. The van der Waals surface area contributed by atoms with E-state index in [1.165, 1.54) is 11.8 Å². The average molecular weight is 401 g/mol. The van der Waals surface area contributed by atoms with Gasteiger partial charge in [0.05, 0.1) is 12.8 Å². The molecule has 2 aromatic rings. The molecule has 2 N–H and O–H groups in total. The van der Waals surface area contributed by atoms with E-state index < -0.39 is 0 Å². The molecule has 1 heterocycles. The summed E-state index contributed by atoms with van der Waals surface area (Å²) in [6.45, 7) is 9.18. The third kappa shape index (κ3) is 7.52. The number of carbonyl (C=O) groups excluding carboxylic acids is 1. The van der Waals surface area contributed by atoms with Crippen LogP contribution >= 0.6 is 0 Å². The summed E-state index contributed by atoms with van der Waals surface area (Å²) in [5.74, 6) is 1.88. The SMILES string of the molecule is CCNC(=NCCCNC(=O)c1occc1C)N(C)CCOc1ccc(C)cc1. The molecule has 0 saturated heterocycles. The fourth-order valence-electron chi connectivity index (χ4n) is 2.66. The van der Waals surface area contributed by atoms with Gasteiger partial charge >= 0.3 is 0 Å². The van der Waals surface area contributed by atoms with Crippen LogP contribution in [0.25, 0.3) is 0 Å². The number of aryl methyl sites for hydroxylation is 2. The van der Waals surface area contributed by atoms with Crippen molar-refractivity contribution in [2.75, 3.05) is 39.8 Å². The van der Waals surface area contributed by atoms with E-state index in [-0.39, 0.29) is 5.91 Å². The van der Waals surface area contributed by atoms with Crippen molar-refractivity contribution in [3.63, 3.8) is 0 Å². The Hall–Kier alpha value is -2.96. The third-order valence-corrected chi connectivity index (χ3v) is 4.36. The third-order valence-electron chi connectivity index (χ3n) is 4.36. The maximum Gasteiger partial charge on any atom is 0.287 e. The van der Waals surface area contributed by atoms with Gasteiger partial charge in [-0.3, -0.25) is 9.79 Å². The molecule has 1 aromatic carbocycles. The van der Waals surface area contributed by atoms with Crippen LogP contribution in [0.15, 0.2) is 46.0 Å². The summed E-state index contributed by atoms with van der Waals surface area (Å²) in [4.78, 5) is 18.7. The Kier molecular flexibility index (Phi) is 9.08. The molecule has 158 valence electrons. The Morgan fingerprint density at radius 2 is 1.93 bits per heavy atom. The zero-order chi connectivity index (χ0) is 21.1. The topological polar surface area (TPSA) is 79.1 Å². The minimum Gasteiger partial charge on any atom is -0.492 e. The number of rotatable bonds is 10. The summed E-state index contributed by atoms with van der Waals surface area (Å²) < 4.78 is 11.0. The van der Waals surface area contributed by atoms with Crippen molar-refractivity contribution < 1.29 is 13.9 Å². The van der Waals surface area contributed by atoms with Gasteiger partial charge in [0.15, 0.2) is 11.7 Å². The van der Waals surface area contributed by atoms with Gasteiger partial charge in [-0.25, -0.2) is 0 Å². The standard InChI is InChI=1S/C22H32N4O3/c1-5-23-22(26(4)14-16-28-19-9-7-17(2)8-10-19)25-13-6-12-24-21(27)20-18(3)11-15-29-20/h7-11,15H,5-6,12-14,16H2,1-4H3,(H,23,25)(H,24,27). The van der Waals surface area contributed by atoms with Crippen molar-refractivity contribution in [3.8, 4) is 5.75 Å². The molecule has 0 fully saturated rings. The van der Waals surface area contributed by atoms with E-state index in [1.54, 1.807) is 6.07 Å². The zero-order valence-electron chi connectivity index (χ0n) is 17.8. The lowest BCUT2D eigenvalue weighted by Crippen LogP contribution is -2.41. The van der Waals surface area contributed by atoms with Gasteiger partial charge < -0.3 is 24.7 Å². The predicted molar refractivity (Wildman–Crippen MR) is 116 cm³/mol. The molecule has 0 radical (unpaired) electrons. The van der Waals surface area contributed by atoms with Gasteiger partial charge in [0, 0.05) is 32.2 Å². The number of guanidine groups is 1. The maximum atomic E-state index is 12.0. The fourth-order valence-corrected chi connectivity index (χ4v) is 2.66. The highest BCUT2D eigenvalue weighted by molar-refractivity contribution is 5.92. The van der Waals surface area contributed by atoms with E-state index in [1.807, 2.05) is 50.1 Å². The van der Waals surface area contributed by atoms with Gasteiger partial charge in [-0.2, -0.15) is 0 Å². The number of hydrogen-bond acceptors (Lipinski definition) is 4.